The van der Waals surface area contributed by atoms with Crippen molar-refractivity contribution in [2.24, 2.45) is 5.73 Å². The van der Waals surface area contributed by atoms with Crippen LogP contribution in [0.3, 0.4) is 0 Å². The van der Waals surface area contributed by atoms with Crippen molar-refractivity contribution < 1.29 is 4.84 Å². The largest absolute Gasteiger partial charge is 0.300 e. The van der Waals surface area contributed by atoms with E-state index in [9.17, 15) is 0 Å². The molecular weight excluding hydrogens is 128 g/mol. The van der Waals surface area contributed by atoms with E-state index >= 15 is 0 Å². The standard InChI is InChI=1S/C7H12N2O/c1-9-6-4-2-3-5(6)7(8)10-9/h7H,2-4,8H2,1H3. The second-order valence-corrected chi connectivity index (χ2v) is 2.85. The van der Waals surface area contributed by atoms with Crippen molar-refractivity contribution in [3.63, 3.8) is 0 Å². The van der Waals surface area contributed by atoms with Crippen molar-refractivity contribution >= 4 is 0 Å². The molecule has 0 saturated carbocycles. The minimum Gasteiger partial charge on any atom is -0.300 e. The molecule has 56 valence electrons. The van der Waals surface area contributed by atoms with Gasteiger partial charge in [0.1, 0.15) is 0 Å². The normalized spacial score (nSPS) is 31.8. The third kappa shape index (κ3) is 0.676. The lowest BCUT2D eigenvalue weighted by Crippen LogP contribution is -2.25. The first-order valence-corrected chi connectivity index (χ1v) is 3.67. The molecule has 0 spiro atoms. The molecule has 0 aromatic heterocycles. The SMILES string of the molecule is CN1OC(N)C2=C1CCC2. The smallest absolute Gasteiger partial charge is 0.157 e. The molecule has 0 radical (unpaired) electrons. The number of rotatable bonds is 0. The van der Waals surface area contributed by atoms with E-state index in [4.69, 9.17) is 10.6 Å². The lowest BCUT2D eigenvalue weighted by atomic mass is 10.2. The van der Waals surface area contributed by atoms with Gasteiger partial charge in [-0.25, -0.2) is 0 Å². The van der Waals surface area contributed by atoms with Gasteiger partial charge in [-0.3, -0.25) is 9.90 Å². The number of hydrogen-bond donors (Lipinski definition) is 1. The summed E-state index contributed by atoms with van der Waals surface area (Å²) in [5.41, 5.74) is 8.31. The quantitative estimate of drug-likeness (QED) is 0.535. The van der Waals surface area contributed by atoms with Crippen LogP contribution in [0.2, 0.25) is 0 Å². The molecule has 2 rings (SSSR count). The van der Waals surface area contributed by atoms with Gasteiger partial charge < -0.3 is 5.73 Å². The van der Waals surface area contributed by atoms with Crippen LogP contribution >= 0.6 is 0 Å². The van der Waals surface area contributed by atoms with Crippen LogP contribution in [0, 0.1) is 0 Å². The fourth-order valence-corrected chi connectivity index (χ4v) is 1.71. The van der Waals surface area contributed by atoms with Gasteiger partial charge in [0.25, 0.3) is 0 Å². The average molecular weight is 140 g/mol. The summed E-state index contributed by atoms with van der Waals surface area (Å²) in [5, 5.41) is 1.81. The van der Waals surface area contributed by atoms with E-state index < -0.39 is 0 Å². The van der Waals surface area contributed by atoms with Crippen LogP contribution in [-0.4, -0.2) is 18.3 Å². The maximum Gasteiger partial charge on any atom is 0.157 e. The summed E-state index contributed by atoms with van der Waals surface area (Å²) in [6, 6.07) is 0. The topological polar surface area (TPSA) is 38.5 Å². The molecule has 0 aromatic carbocycles. The van der Waals surface area contributed by atoms with Crippen molar-refractivity contribution in [1.82, 2.24) is 5.06 Å². The van der Waals surface area contributed by atoms with Gasteiger partial charge in [-0.2, -0.15) is 0 Å². The molecule has 10 heavy (non-hydrogen) atoms. The van der Waals surface area contributed by atoms with E-state index in [1.165, 1.54) is 17.7 Å². The highest BCUT2D eigenvalue weighted by Crippen LogP contribution is 2.35. The molecule has 0 bridgehead atoms. The molecule has 2 aliphatic rings. The van der Waals surface area contributed by atoms with E-state index in [2.05, 4.69) is 0 Å². The lowest BCUT2D eigenvalue weighted by molar-refractivity contribution is -0.121. The zero-order valence-electron chi connectivity index (χ0n) is 6.13. The summed E-state index contributed by atoms with van der Waals surface area (Å²) in [6.45, 7) is 0. The molecule has 1 aliphatic carbocycles. The Morgan fingerprint density at radius 3 is 3.10 bits per heavy atom. The molecule has 0 aromatic rings. The Kier molecular flexibility index (Phi) is 1.22. The second-order valence-electron chi connectivity index (χ2n) is 2.85. The third-order valence-electron chi connectivity index (χ3n) is 2.23. The highest BCUT2D eigenvalue weighted by Gasteiger charge is 2.30. The minimum absolute atomic E-state index is 0.150. The zero-order valence-corrected chi connectivity index (χ0v) is 6.13. The van der Waals surface area contributed by atoms with Gasteiger partial charge in [0, 0.05) is 12.7 Å². The van der Waals surface area contributed by atoms with Crippen LogP contribution in [-0.2, 0) is 4.84 Å². The van der Waals surface area contributed by atoms with Crippen LogP contribution in [0.15, 0.2) is 11.3 Å². The van der Waals surface area contributed by atoms with Gasteiger partial charge in [-0.15, -0.1) is 0 Å². The van der Waals surface area contributed by atoms with E-state index in [0.29, 0.717) is 0 Å². The van der Waals surface area contributed by atoms with Gasteiger partial charge in [0.2, 0.25) is 0 Å². The Morgan fingerprint density at radius 2 is 2.40 bits per heavy atom. The van der Waals surface area contributed by atoms with Crippen molar-refractivity contribution in [3.05, 3.63) is 11.3 Å². The maximum atomic E-state index is 5.69. The minimum atomic E-state index is -0.150. The molecule has 1 aliphatic heterocycles. The van der Waals surface area contributed by atoms with Crippen molar-refractivity contribution in [3.8, 4) is 0 Å². The molecule has 0 saturated heterocycles. The Labute approximate surface area is 60.4 Å². The monoisotopic (exact) mass is 140 g/mol. The fraction of sp³-hybridized carbons (Fsp3) is 0.714. The highest BCUT2D eigenvalue weighted by atomic mass is 16.7. The first-order valence-electron chi connectivity index (χ1n) is 3.67. The third-order valence-corrected chi connectivity index (χ3v) is 2.23. The van der Waals surface area contributed by atoms with Gasteiger partial charge >= 0.3 is 0 Å². The molecule has 1 unspecified atom stereocenters. The average Bonchev–Trinajstić information content (AvgIpc) is 2.39. The molecule has 3 nitrogen and oxygen atoms in total. The van der Waals surface area contributed by atoms with Crippen molar-refractivity contribution in [2.45, 2.75) is 25.5 Å². The van der Waals surface area contributed by atoms with Crippen LogP contribution in [0.5, 0.6) is 0 Å². The van der Waals surface area contributed by atoms with Gasteiger partial charge in [0.05, 0.1) is 0 Å². The van der Waals surface area contributed by atoms with Gasteiger partial charge in [-0.05, 0) is 24.8 Å². The fourth-order valence-electron chi connectivity index (χ4n) is 1.71. The van der Waals surface area contributed by atoms with Crippen LogP contribution < -0.4 is 5.73 Å². The number of nitrogens with zero attached hydrogens (tertiary/aromatic N) is 1. The Hall–Kier alpha value is -0.540. The lowest BCUT2D eigenvalue weighted by Gasteiger charge is -2.14. The van der Waals surface area contributed by atoms with E-state index in [1.807, 2.05) is 12.1 Å². The van der Waals surface area contributed by atoms with E-state index in [-0.39, 0.29) is 6.23 Å². The first kappa shape index (κ1) is 6.19. The Bertz CT molecular complexity index is 170. The summed E-state index contributed by atoms with van der Waals surface area (Å²) in [7, 11) is 1.92. The van der Waals surface area contributed by atoms with Crippen LogP contribution in [0.1, 0.15) is 19.3 Å². The maximum absolute atomic E-state index is 5.69. The van der Waals surface area contributed by atoms with Crippen LogP contribution in [0.4, 0.5) is 0 Å². The second kappa shape index (κ2) is 1.97. The predicted molar refractivity (Wildman–Crippen MR) is 37.7 cm³/mol. The molecule has 1 atom stereocenters. The molecule has 0 amide bonds. The zero-order chi connectivity index (χ0) is 7.14. The summed E-state index contributed by atoms with van der Waals surface area (Å²) < 4.78 is 0. The number of hydrogen-bond acceptors (Lipinski definition) is 3. The molecule has 3 heteroatoms. The Morgan fingerprint density at radius 1 is 1.60 bits per heavy atom. The molecular formula is C7H12N2O. The van der Waals surface area contributed by atoms with Crippen molar-refractivity contribution in [1.29, 1.82) is 0 Å². The summed E-state index contributed by atoms with van der Waals surface area (Å²) in [6.07, 6.45) is 3.36. The Balaban J connectivity index is 2.27. The van der Waals surface area contributed by atoms with E-state index in [1.54, 1.807) is 0 Å². The van der Waals surface area contributed by atoms with Crippen LogP contribution in [0.25, 0.3) is 0 Å². The number of allylic oxidation sites excluding steroid dienone is 1. The molecule has 0 fully saturated rings. The van der Waals surface area contributed by atoms with E-state index in [0.717, 1.165) is 12.8 Å². The summed E-state index contributed by atoms with van der Waals surface area (Å²) in [5.74, 6) is 0. The number of hydroxylamine groups is 2. The predicted octanol–water partition coefficient (Wildman–Crippen LogP) is 0.586. The first-order chi connectivity index (χ1) is 4.79. The number of nitrogens with two attached hydrogens (primary N) is 1. The molecule has 1 heterocycles. The summed E-state index contributed by atoms with van der Waals surface area (Å²) in [4.78, 5) is 5.27. The molecule has 2 N–H and O–H groups in total. The van der Waals surface area contributed by atoms with Gasteiger partial charge in [-0.1, -0.05) is 0 Å². The highest BCUT2D eigenvalue weighted by molar-refractivity contribution is 5.23. The van der Waals surface area contributed by atoms with Gasteiger partial charge in [0.15, 0.2) is 6.23 Å². The van der Waals surface area contributed by atoms with Crippen molar-refractivity contribution in [2.75, 3.05) is 7.05 Å². The summed E-state index contributed by atoms with van der Waals surface area (Å²) >= 11 is 0.